The summed E-state index contributed by atoms with van der Waals surface area (Å²) in [5, 5.41) is 3.16. The fourth-order valence-electron chi connectivity index (χ4n) is 4.60. The first-order valence-electron chi connectivity index (χ1n) is 12.0. The van der Waals surface area contributed by atoms with Crippen molar-refractivity contribution >= 4 is 11.6 Å². The van der Waals surface area contributed by atoms with Gasteiger partial charge in [-0.2, -0.15) is 0 Å². The van der Waals surface area contributed by atoms with E-state index in [2.05, 4.69) is 65.7 Å². The van der Waals surface area contributed by atoms with E-state index in [0.29, 0.717) is 5.92 Å². The summed E-state index contributed by atoms with van der Waals surface area (Å²) in [6.07, 6.45) is 4.56. The van der Waals surface area contributed by atoms with E-state index in [4.69, 9.17) is 9.47 Å². The van der Waals surface area contributed by atoms with Gasteiger partial charge in [-0.1, -0.05) is 24.3 Å². The molecular formula is C27H34N2O3. The van der Waals surface area contributed by atoms with Gasteiger partial charge in [-0.15, -0.1) is 0 Å². The number of rotatable bonds is 9. The van der Waals surface area contributed by atoms with Crippen LogP contribution in [0, 0.1) is 11.8 Å². The molecule has 0 radical (unpaired) electrons. The fourth-order valence-corrected chi connectivity index (χ4v) is 4.60. The summed E-state index contributed by atoms with van der Waals surface area (Å²) >= 11 is 0. The second-order valence-electron chi connectivity index (χ2n) is 9.77. The van der Waals surface area contributed by atoms with E-state index in [-0.39, 0.29) is 24.0 Å². The van der Waals surface area contributed by atoms with E-state index in [1.165, 1.54) is 24.1 Å². The monoisotopic (exact) mass is 434 g/mol. The summed E-state index contributed by atoms with van der Waals surface area (Å²) in [6, 6.07) is 17.3. The summed E-state index contributed by atoms with van der Waals surface area (Å²) in [4.78, 5) is 14.8. The molecular weight excluding hydrogens is 400 g/mol. The molecule has 2 aliphatic carbocycles. The lowest BCUT2D eigenvalue weighted by Gasteiger charge is -2.41. The molecule has 1 atom stereocenters. The van der Waals surface area contributed by atoms with E-state index < -0.39 is 0 Å². The van der Waals surface area contributed by atoms with Crippen LogP contribution in [-0.2, 0) is 9.53 Å². The molecule has 0 bridgehead atoms. The molecule has 1 heterocycles. The molecule has 1 amide bonds. The summed E-state index contributed by atoms with van der Waals surface area (Å²) in [5.41, 5.74) is 3.79. The average molecular weight is 435 g/mol. The molecule has 1 saturated heterocycles. The van der Waals surface area contributed by atoms with Crippen LogP contribution in [0.25, 0.3) is 0 Å². The van der Waals surface area contributed by atoms with Crippen LogP contribution in [-0.4, -0.2) is 38.8 Å². The quantitative estimate of drug-likeness (QED) is 0.623. The Kier molecular flexibility index (Phi) is 6.09. The molecule has 2 aromatic carbocycles. The normalized spacial score (nSPS) is 23.8. The zero-order valence-corrected chi connectivity index (χ0v) is 19.1. The average Bonchev–Trinajstić information content (AvgIpc) is 3.56. The Labute approximate surface area is 191 Å². The van der Waals surface area contributed by atoms with E-state index in [9.17, 15) is 4.79 Å². The Morgan fingerprint density at radius 2 is 1.75 bits per heavy atom. The van der Waals surface area contributed by atoms with Gasteiger partial charge in [-0.25, -0.2) is 0 Å². The van der Waals surface area contributed by atoms with Gasteiger partial charge in [0.25, 0.3) is 0 Å². The number of amides is 1. The van der Waals surface area contributed by atoms with E-state index in [0.717, 1.165) is 49.8 Å². The number of carbonyl (C=O) groups excluding carboxylic acids is 1. The highest BCUT2D eigenvalue weighted by atomic mass is 16.5. The van der Waals surface area contributed by atoms with Crippen molar-refractivity contribution in [1.29, 1.82) is 0 Å². The van der Waals surface area contributed by atoms with Crippen molar-refractivity contribution < 1.29 is 14.3 Å². The molecule has 2 saturated carbocycles. The number of methoxy groups -OCH3 is 1. The number of nitrogens with zero attached hydrogens (tertiary/aromatic N) is 1. The van der Waals surface area contributed by atoms with Crippen molar-refractivity contribution in [2.24, 2.45) is 11.8 Å². The van der Waals surface area contributed by atoms with Crippen LogP contribution in [0.1, 0.15) is 55.7 Å². The molecule has 3 fully saturated rings. The maximum Gasteiger partial charge on any atom is 0.223 e. The molecule has 5 heteroatoms. The Balaban J connectivity index is 1.08. The van der Waals surface area contributed by atoms with Gasteiger partial charge < -0.3 is 19.7 Å². The minimum Gasteiger partial charge on any atom is -0.493 e. The SMILES string of the molecule is COC1CC(C(=O)N[C@@H](C)c2ccc(C3CN(c4ccc(OCC5CC5)cc4)C3)cc2)C1. The number of nitrogens with one attached hydrogen (secondary N) is 1. The second-order valence-corrected chi connectivity index (χ2v) is 9.77. The molecule has 0 aromatic heterocycles. The van der Waals surface area contributed by atoms with Crippen LogP contribution < -0.4 is 15.0 Å². The maximum absolute atomic E-state index is 12.4. The number of hydrogen-bond acceptors (Lipinski definition) is 4. The van der Waals surface area contributed by atoms with Gasteiger partial charge in [0, 0.05) is 37.7 Å². The molecule has 5 nitrogen and oxygen atoms in total. The molecule has 0 unspecified atom stereocenters. The van der Waals surface area contributed by atoms with Crippen LogP contribution in [0.15, 0.2) is 48.5 Å². The topological polar surface area (TPSA) is 50.8 Å². The lowest BCUT2D eigenvalue weighted by Crippen LogP contribution is -2.45. The minimum absolute atomic E-state index is 0.0247. The number of anilines is 1. The van der Waals surface area contributed by atoms with Crippen molar-refractivity contribution in [3.63, 3.8) is 0 Å². The van der Waals surface area contributed by atoms with Crippen LogP contribution in [0.2, 0.25) is 0 Å². The summed E-state index contributed by atoms with van der Waals surface area (Å²) in [7, 11) is 1.71. The standard InChI is InChI=1S/C27H34N2O3/c1-18(28-27(30)22-13-26(14-22)31-2)20-5-7-21(8-6-20)23-15-29(16-23)24-9-11-25(12-10-24)32-17-19-3-4-19/h5-12,18-19,22-23,26H,3-4,13-17H2,1-2H3,(H,28,30)/t18-,22?,26?/m0/s1. The van der Waals surface area contributed by atoms with Crippen molar-refractivity contribution in [2.75, 3.05) is 31.7 Å². The van der Waals surface area contributed by atoms with Gasteiger partial charge in [0.15, 0.2) is 0 Å². The van der Waals surface area contributed by atoms with Crippen molar-refractivity contribution in [3.05, 3.63) is 59.7 Å². The zero-order valence-electron chi connectivity index (χ0n) is 19.1. The smallest absolute Gasteiger partial charge is 0.223 e. The first kappa shape index (κ1) is 21.3. The lowest BCUT2D eigenvalue weighted by atomic mass is 9.81. The second kappa shape index (κ2) is 9.14. The third kappa shape index (κ3) is 4.78. The third-order valence-electron chi connectivity index (χ3n) is 7.33. The van der Waals surface area contributed by atoms with Crippen LogP contribution in [0.3, 0.4) is 0 Å². The summed E-state index contributed by atoms with van der Waals surface area (Å²) < 4.78 is 11.1. The van der Waals surface area contributed by atoms with E-state index in [1.807, 2.05) is 0 Å². The van der Waals surface area contributed by atoms with Crippen molar-refractivity contribution in [2.45, 2.75) is 50.7 Å². The fraction of sp³-hybridized carbons (Fsp3) is 0.519. The molecule has 1 N–H and O–H groups in total. The molecule has 3 aliphatic rings. The lowest BCUT2D eigenvalue weighted by molar-refractivity contribution is -0.133. The zero-order chi connectivity index (χ0) is 22.1. The highest BCUT2D eigenvalue weighted by Gasteiger charge is 2.35. The first-order chi connectivity index (χ1) is 15.6. The maximum atomic E-state index is 12.4. The summed E-state index contributed by atoms with van der Waals surface area (Å²) in [5.74, 6) is 2.56. The first-order valence-corrected chi connectivity index (χ1v) is 12.0. The van der Waals surface area contributed by atoms with Crippen molar-refractivity contribution in [1.82, 2.24) is 5.32 Å². The third-order valence-corrected chi connectivity index (χ3v) is 7.33. The van der Waals surface area contributed by atoms with Gasteiger partial charge >= 0.3 is 0 Å². The van der Waals surface area contributed by atoms with Crippen LogP contribution >= 0.6 is 0 Å². The number of ether oxygens (including phenoxy) is 2. The summed E-state index contributed by atoms with van der Waals surface area (Å²) in [6.45, 7) is 4.99. The molecule has 2 aromatic rings. The Morgan fingerprint density at radius 3 is 2.38 bits per heavy atom. The van der Waals surface area contributed by atoms with Gasteiger partial charge in [0.2, 0.25) is 5.91 Å². The van der Waals surface area contributed by atoms with Gasteiger partial charge in [0.1, 0.15) is 5.75 Å². The Bertz CT molecular complexity index is 911. The number of hydrogen-bond donors (Lipinski definition) is 1. The highest BCUT2D eigenvalue weighted by molar-refractivity contribution is 5.80. The molecule has 32 heavy (non-hydrogen) atoms. The van der Waals surface area contributed by atoms with Gasteiger partial charge in [-0.3, -0.25) is 4.79 Å². The largest absolute Gasteiger partial charge is 0.493 e. The minimum atomic E-state index is 0.0247. The molecule has 1 aliphatic heterocycles. The van der Waals surface area contributed by atoms with Crippen LogP contribution in [0.5, 0.6) is 5.75 Å². The molecule has 5 rings (SSSR count). The predicted octanol–water partition coefficient (Wildman–Crippen LogP) is 4.68. The molecule has 0 spiro atoms. The van der Waals surface area contributed by atoms with Crippen molar-refractivity contribution in [3.8, 4) is 5.75 Å². The van der Waals surface area contributed by atoms with Gasteiger partial charge in [0.05, 0.1) is 18.8 Å². The predicted molar refractivity (Wildman–Crippen MR) is 126 cm³/mol. The van der Waals surface area contributed by atoms with Gasteiger partial charge in [-0.05, 0) is 73.9 Å². The van der Waals surface area contributed by atoms with E-state index in [1.54, 1.807) is 7.11 Å². The molecule has 170 valence electrons. The number of carbonyl (C=O) groups is 1. The Morgan fingerprint density at radius 1 is 1.06 bits per heavy atom. The Hall–Kier alpha value is -2.53. The number of benzene rings is 2. The van der Waals surface area contributed by atoms with Crippen LogP contribution in [0.4, 0.5) is 5.69 Å². The van der Waals surface area contributed by atoms with E-state index >= 15 is 0 Å². The highest BCUT2D eigenvalue weighted by Crippen LogP contribution is 2.34.